The van der Waals surface area contributed by atoms with Crippen LogP contribution in [0.25, 0.3) is 0 Å². The van der Waals surface area contributed by atoms with E-state index >= 15 is 0 Å². The summed E-state index contributed by atoms with van der Waals surface area (Å²) in [6, 6.07) is 4.95. The molecule has 12 heteroatoms. The first-order valence-electron chi connectivity index (χ1n) is 9.54. The van der Waals surface area contributed by atoms with Gasteiger partial charge in [0, 0.05) is 23.6 Å². The summed E-state index contributed by atoms with van der Waals surface area (Å²) in [6.07, 6.45) is 2.05. The number of amides is 1. The summed E-state index contributed by atoms with van der Waals surface area (Å²) >= 11 is 0. The van der Waals surface area contributed by atoms with Crippen LogP contribution in [-0.2, 0) is 15.4 Å². The monoisotopic (exact) mass is 467 g/mol. The molecule has 1 aliphatic rings. The molecule has 0 aliphatic carbocycles. The van der Waals surface area contributed by atoms with Crippen molar-refractivity contribution in [2.45, 2.75) is 30.1 Å². The molecule has 0 spiro atoms. The van der Waals surface area contributed by atoms with Crippen molar-refractivity contribution in [3.05, 3.63) is 47.7 Å². The number of rotatable bonds is 6. The number of nitrogens with zero attached hydrogens (tertiary/aromatic N) is 3. The van der Waals surface area contributed by atoms with Gasteiger partial charge >= 0.3 is 0 Å². The van der Waals surface area contributed by atoms with Crippen molar-refractivity contribution in [1.29, 1.82) is 0 Å². The van der Waals surface area contributed by atoms with E-state index in [1.54, 1.807) is 0 Å². The van der Waals surface area contributed by atoms with E-state index in [1.807, 2.05) is 0 Å². The fourth-order valence-electron chi connectivity index (χ4n) is 3.45. The van der Waals surface area contributed by atoms with Crippen LogP contribution in [0.1, 0.15) is 35.8 Å². The zero-order valence-electron chi connectivity index (χ0n) is 17.7. The lowest BCUT2D eigenvalue weighted by atomic mass is 9.80. The second-order valence-electron chi connectivity index (χ2n) is 7.76. The van der Waals surface area contributed by atoms with Crippen molar-refractivity contribution < 1.29 is 26.7 Å². The molecule has 0 radical (unpaired) electrons. The molecule has 172 valence electrons. The highest BCUT2D eigenvalue weighted by Gasteiger charge is 2.49. The van der Waals surface area contributed by atoms with Crippen molar-refractivity contribution >= 4 is 27.3 Å². The SMILES string of the molecule is COc1cc(C(=O)Nc2ccc(F)c([C@]3(CF)CC[C@@](C)(S(C)(=O)=O)C(N)=N3)c2)ncn1. The average Bonchev–Trinajstić information content (AvgIpc) is 2.76. The Hall–Kier alpha value is -3.15. The minimum atomic E-state index is -3.64. The first-order valence-corrected chi connectivity index (χ1v) is 11.4. The molecule has 3 N–H and O–H groups in total. The molecule has 0 unspecified atom stereocenters. The number of hydrogen-bond donors (Lipinski definition) is 2. The second kappa shape index (κ2) is 8.41. The van der Waals surface area contributed by atoms with Crippen LogP contribution in [0.3, 0.4) is 0 Å². The van der Waals surface area contributed by atoms with E-state index in [1.165, 1.54) is 32.2 Å². The first-order chi connectivity index (χ1) is 15.0. The summed E-state index contributed by atoms with van der Waals surface area (Å²) < 4.78 is 56.9. The van der Waals surface area contributed by atoms with Gasteiger partial charge in [-0.05, 0) is 38.0 Å². The number of carbonyl (C=O) groups is 1. The summed E-state index contributed by atoms with van der Waals surface area (Å²) in [5.74, 6) is -1.48. The Bertz CT molecular complexity index is 1190. The van der Waals surface area contributed by atoms with Gasteiger partial charge in [0.15, 0.2) is 9.84 Å². The van der Waals surface area contributed by atoms with Crippen LogP contribution < -0.4 is 15.8 Å². The van der Waals surface area contributed by atoms with E-state index in [0.29, 0.717) is 0 Å². The third kappa shape index (κ3) is 4.14. The third-order valence-corrected chi connectivity index (χ3v) is 7.79. The van der Waals surface area contributed by atoms with Crippen molar-refractivity contribution in [3.8, 4) is 5.88 Å². The summed E-state index contributed by atoms with van der Waals surface area (Å²) in [4.78, 5) is 24.3. The molecular formula is C20H23F2N5O4S. The van der Waals surface area contributed by atoms with Crippen molar-refractivity contribution in [2.75, 3.05) is 25.4 Å². The quantitative estimate of drug-likeness (QED) is 0.663. The van der Waals surface area contributed by atoms with Gasteiger partial charge in [-0.1, -0.05) is 0 Å². The summed E-state index contributed by atoms with van der Waals surface area (Å²) in [7, 11) is -2.25. The Kier molecular flexibility index (Phi) is 6.18. The molecule has 2 aromatic rings. The molecule has 0 saturated heterocycles. The van der Waals surface area contributed by atoms with Gasteiger partial charge in [0.25, 0.3) is 5.91 Å². The Morgan fingerprint density at radius 1 is 1.28 bits per heavy atom. The summed E-state index contributed by atoms with van der Waals surface area (Å²) in [5.41, 5.74) is 4.27. The lowest BCUT2D eigenvalue weighted by molar-refractivity contribution is 0.102. The number of ether oxygens (including phenoxy) is 1. The smallest absolute Gasteiger partial charge is 0.274 e. The number of nitrogens with two attached hydrogens (primary N) is 1. The normalized spacial score (nSPS) is 23.3. The van der Waals surface area contributed by atoms with Gasteiger partial charge in [-0.2, -0.15) is 0 Å². The number of alkyl halides is 1. The predicted molar refractivity (Wildman–Crippen MR) is 115 cm³/mol. The van der Waals surface area contributed by atoms with E-state index in [0.717, 1.165) is 18.6 Å². The number of sulfone groups is 1. The molecule has 0 fully saturated rings. The Morgan fingerprint density at radius 3 is 2.59 bits per heavy atom. The lowest BCUT2D eigenvalue weighted by Crippen LogP contribution is -2.53. The van der Waals surface area contributed by atoms with Gasteiger partial charge in [0.1, 0.15) is 40.6 Å². The van der Waals surface area contributed by atoms with Gasteiger partial charge in [0.05, 0.1) is 7.11 Å². The molecule has 9 nitrogen and oxygen atoms in total. The second-order valence-corrected chi connectivity index (χ2v) is 10.2. The number of hydrogen-bond acceptors (Lipinski definition) is 8. The molecule has 0 bridgehead atoms. The van der Waals surface area contributed by atoms with Crippen LogP contribution in [0, 0.1) is 5.82 Å². The number of halogens is 2. The maximum Gasteiger partial charge on any atom is 0.274 e. The largest absolute Gasteiger partial charge is 0.481 e. The number of aliphatic imine (C=N–C) groups is 1. The number of benzene rings is 1. The van der Waals surface area contributed by atoms with Crippen LogP contribution in [0.4, 0.5) is 14.5 Å². The zero-order valence-corrected chi connectivity index (χ0v) is 18.5. The Morgan fingerprint density at radius 2 is 2.00 bits per heavy atom. The van der Waals surface area contributed by atoms with Crippen LogP contribution >= 0.6 is 0 Å². The molecule has 1 aromatic heterocycles. The van der Waals surface area contributed by atoms with Gasteiger partial charge in [-0.15, -0.1) is 0 Å². The number of aromatic nitrogens is 2. The van der Waals surface area contributed by atoms with Crippen LogP contribution in [-0.4, -0.2) is 54.9 Å². The Labute approximate surface area is 184 Å². The third-order valence-electron chi connectivity index (χ3n) is 5.74. The highest BCUT2D eigenvalue weighted by atomic mass is 32.2. The van der Waals surface area contributed by atoms with Crippen LogP contribution in [0.2, 0.25) is 0 Å². The molecule has 2 heterocycles. The van der Waals surface area contributed by atoms with Crippen molar-refractivity contribution in [1.82, 2.24) is 9.97 Å². The molecule has 1 amide bonds. The molecular weight excluding hydrogens is 444 g/mol. The highest BCUT2D eigenvalue weighted by Crippen LogP contribution is 2.42. The van der Waals surface area contributed by atoms with E-state index < -0.39 is 38.5 Å². The van der Waals surface area contributed by atoms with Gasteiger partial charge < -0.3 is 15.8 Å². The molecule has 1 aromatic carbocycles. The number of nitrogens with one attached hydrogen (secondary N) is 1. The Balaban J connectivity index is 1.98. The van der Waals surface area contributed by atoms with E-state index in [4.69, 9.17) is 10.5 Å². The fraction of sp³-hybridized carbons (Fsp3) is 0.400. The number of carbonyl (C=O) groups excluding carboxylic acids is 1. The first kappa shape index (κ1) is 23.5. The number of amidine groups is 1. The van der Waals surface area contributed by atoms with Gasteiger partial charge in [-0.3, -0.25) is 9.79 Å². The highest BCUT2D eigenvalue weighted by molar-refractivity contribution is 7.92. The minimum absolute atomic E-state index is 0.00628. The lowest BCUT2D eigenvalue weighted by Gasteiger charge is -2.39. The van der Waals surface area contributed by atoms with Crippen molar-refractivity contribution in [3.63, 3.8) is 0 Å². The summed E-state index contributed by atoms with van der Waals surface area (Å²) in [6.45, 7) is 0.303. The van der Waals surface area contributed by atoms with Crippen molar-refractivity contribution in [2.24, 2.45) is 10.7 Å². The number of methoxy groups -OCH3 is 1. The molecule has 32 heavy (non-hydrogen) atoms. The molecule has 0 saturated carbocycles. The van der Waals surface area contributed by atoms with E-state index in [9.17, 15) is 22.0 Å². The maximum atomic E-state index is 14.8. The van der Waals surface area contributed by atoms with Gasteiger partial charge in [-0.25, -0.2) is 27.2 Å². The van der Waals surface area contributed by atoms with Gasteiger partial charge in [0.2, 0.25) is 5.88 Å². The fourth-order valence-corrected chi connectivity index (χ4v) is 4.35. The molecule has 1 aliphatic heterocycles. The van der Waals surface area contributed by atoms with E-state index in [2.05, 4.69) is 20.3 Å². The molecule has 3 rings (SSSR count). The minimum Gasteiger partial charge on any atom is -0.481 e. The zero-order chi connectivity index (χ0) is 23.7. The average molecular weight is 467 g/mol. The number of anilines is 1. The predicted octanol–water partition coefficient (Wildman–Crippen LogP) is 2.00. The van der Waals surface area contributed by atoms with Crippen LogP contribution in [0.5, 0.6) is 5.88 Å². The topological polar surface area (TPSA) is 137 Å². The molecule has 2 atom stereocenters. The standard InChI is InChI=1S/C20H23F2N5O4S/c1-19(32(3,29)30)6-7-20(10-21,27-18(19)23)13-8-12(4-5-14(13)22)26-17(28)15-9-16(31-2)25-11-24-15/h4-5,8-9,11H,6-7,10H2,1-3H3,(H2,23,27)(H,26,28)/t19-,20-/m1/s1. The van der Waals surface area contributed by atoms with Crippen LogP contribution in [0.15, 0.2) is 35.6 Å². The maximum absolute atomic E-state index is 14.8. The summed E-state index contributed by atoms with van der Waals surface area (Å²) in [5, 5.41) is 2.56. The van der Waals surface area contributed by atoms with E-state index in [-0.39, 0.29) is 41.5 Å².